The van der Waals surface area contributed by atoms with Crippen LogP contribution in [-0.4, -0.2) is 57.6 Å². The van der Waals surface area contributed by atoms with Crippen molar-refractivity contribution in [2.75, 3.05) is 33.4 Å². The highest BCUT2D eigenvalue weighted by Gasteiger charge is 2.39. The number of benzene rings is 1. The van der Waals surface area contributed by atoms with Crippen LogP contribution in [0.5, 0.6) is 0 Å². The van der Waals surface area contributed by atoms with Crippen LogP contribution in [0.4, 0.5) is 9.18 Å². The Morgan fingerprint density at radius 3 is 2.62 bits per heavy atom. The summed E-state index contributed by atoms with van der Waals surface area (Å²) < 4.78 is 45.3. The lowest BCUT2D eigenvalue weighted by Gasteiger charge is -2.41. The fraction of sp³-hybridized carbons (Fsp3) is 0.588. The number of amides is 2. The van der Waals surface area contributed by atoms with Crippen LogP contribution < -0.4 is 10.6 Å². The maximum atomic E-state index is 13.4. The van der Waals surface area contributed by atoms with Gasteiger partial charge >= 0.3 is 6.03 Å². The van der Waals surface area contributed by atoms with Gasteiger partial charge in [0.15, 0.2) is 0 Å². The summed E-state index contributed by atoms with van der Waals surface area (Å²) in [5.41, 5.74) is -0.525. The molecule has 0 atom stereocenters. The topological polar surface area (TPSA) is 87.7 Å². The molecule has 1 aromatic carbocycles. The number of rotatable bonds is 7. The molecule has 0 spiro atoms. The number of urea groups is 1. The van der Waals surface area contributed by atoms with E-state index in [4.69, 9.17) is 4.74 Å². The van der Waals surface area contributed by atoms with Crippen LogP contribution in [0.3, 0.4) is 0 Å². The molecule has 0 radical (unpaired) electrons. The third-order valence-electron chi connectivity index (χ3n) is 4.61. The molecule has 0 aliphatic carbocycles. The minimum Gasteiger partial charge on any atom is -0.385 e. The largest absolute Gasteiger partial charge is 0.385 e. The SMILES string of the molecule is CCNC(=O)NC1(CCOC)CCN(S(=O)(=O)c2cccc(F)c2)CC1. The van der Waals surface area contributed by atoms with Crippen molar-refractivity contribution in [2.45, 2.75) is 36.6 Å². The summed E-state index contributed by atoms with van der Waals surface area (Å²) >= 11 is 0. The van der Waals surface area contributed by atoms with E-state index >= 15 is 0 Å². The maximum absolute atomic E-state index is 13.4. The van der Waals surface area contributed by atoms with Crippen LogP contribution in [0.1, 0.15) is 26.2 Å². The third kappa shape index (κ3) is 4.93. The molecule has 1 aliphatic rings. The third-order valence-corrected chi connectivity index (χ3v) is 6.51. The molecule has 0 saturated carbocycles. The highest BCUT2D eigenvalue weighted by atomic mass is 32.2. The van der Waals surface area contributed by atoms with Crippen molar-refractivity contribution in [1.82, 2.24) is 14.9 Å². The van der Waals surface area contributed by atoms with E-state index in [0.29, 0.717) is 32.4 Å². The molecule has 1 fully saturated rings. The summed E-state index contributed by atoms with van der Waals surface area (Å²) in [4.78, 5) is 11.9. The summed E-state index contributed by atoms with van der Waals surface area (Å²) in [6, 6.07) is 4.73. The molecule has 26 heavy (non-hydrogen) atoms. The van der Waals surface area contributed by atoms with Crippen molar-refractivity contribution in [3.63, 3.8) is 0 Å². The van der Waals surface area contributed by atoms with Gasteiger partial charge in [-0.2, -0.15) is 4.31 Å². The molecule has 0 aromatic heterocycles. The molecule has 0 bridgehead atoms. The highest BCUT2D eigenvalue weighted by molar-refractivity contribution is 7.89. The number of nitrogens with zero attached hydrogens (tertiary/aromatic N) is 1. The molecule has 0 unspecified atom stereocenters. The van der Waals surface area contributed by atoms with Crippen molar-refractivity contribution in [2.24, 2.45) is 0 Å². The van der Waals surface area contributed by atoms with E-state index in [0.717, 1.165) is 6.07 Å². The number of methoxy groups -OCH3 is 1. The molecule has 7 nitrogen and oxygen atoms in total. The monoisotopic (exact) mass is 387 g/mol. The molecule has 1 aliphatic heterocycles. The highest BCUT2D eigenvalue weighted by Crippen LogP contribution is 2.29. The van der Waals surface area contributed by atoms with E-state index in [-0.39, 0.29) is 24.0 Å². The van der Waals surface area contributed by atoms with E-state index in [1.165, 1.54) is 22.5 Å². The van der Waals surface area contributed by atoms with Gasteiger partial charge in [-0.3, -0.25) is 0 Å². The maximum Gasteiger partial charge on any atom is 0.315 e. The van der Waals surface area contributed by atoms with Crippen LogP contribution in [0.25, 0.3) is 0 Å². The van der Waals surface area contributed by atoms with Crippen molar-refractivity contribution in [1.29, 1.82) is 0 Å². The lowest BCUT2D eigenvalue weighted by molar-refractivity contribution is 0.122. The van der Waals surface area contributed by atoms with Crippen molar-refractivity contribution < 1.29 is 22.3 Å². The Kier molecular flexibility index (Phi) is 6.96. The fourth-order valence-corrected chi connectivity index (χ4v) is 4.59. The number of carbonyl (C=O) groups excluding carboxylic acids is 1. The molecule has 9 heteroatoms. The van der Waals surface area contributed by atoms with Gasteiger partial charge in [-0.25, -0.2) is 17.6 Å². The molecule has 1 saturated heterocycles. The van der Waals surface area contributed by atoms with Gasteiger partial charge < -0.3 is 15.4 Å². The van der Waals surface area contributed by atoms with Crippen molar-refractivity contribution in [3.8, 4) is 0 Å². The molecule has 2 rings (SSSR count). The van der Waals surface area contributed by atoms with Crippen LogP contribution in [0, 0.1) is 5.82 Å². The second-order valence-electron chi connectivity index (χ2n) is 6.37. The number of hydrogen-bond acceptors (Lipinski definition) is 4. The second kappa shape index (κ2) is 8.79. The Morgan fingerprint density at radius 2 is 2.04 bits per heavy atom. The molecule has 146 valence electrons. The first-order valence-corrected chi connectivity index (χ1v) is 10.1. The number of carbonyl (C=O) groups is 1. The second-order valence-corrected chi connectivity index (χ2v) is 8.31. The Bertz CT molecular complexity index is 718. The zero-order chi connectivity index (χ0) is 19.2. The first-order valence-electron chi connectivity index (χ1n) is 8.64. The summed E-state index contributed by atoms with van der Waals surface area (Å²) in [6.07, 6.45) is 1.51. The quantitative estimate of drug-likeness (QED) is 0.746. The number of piperidine rings is 1. The Balaban J connectivity index is 2.11. The molecule has 1 aromatic rings. The van der Waals surface area contributed by atoms with Gasteiger partial charge in [0.2, 0.25) is 10.0 Å². The number of ether oxygens (including phenoxy) is 1. The van der Waals surface area contributed by atoms with E-state index in [1.54, 1.807) is 7.11 Å². The minimum absolute atomic E-state index is 0.0569. The number of nitrogens with one attached hydrogen (secondary N) is 2. The van der Waals surface area contributed by atoms with Crippen LogP contribution >= 0.6 is 0 Å². The van der Waals surface area contributed by atoms with Gasteiger partial charge in [0, 0.05) is 38.9 Å². The molecular weight excluding hydrogens is 361 g/mol. The zero-order valence-corrected chi connectivity index (χ0v) is 15.9. The molecule has 2 amide bonds. The number of sulfonamides is 1. The summed E-state index contributed by atoms with van der Waals surface area (Å²) in [5, 5.41) is 5.68. The first-order chi connectivity index (χ1) is 12.3. The van der Waals surface area contributed by atoms with Crippen molar-refractivity contribution >= 4 is 16.1 Å². The van der Waals surface area contributed by atoms with Gasteiger partial charge in [-0.15, -0.1) is 0 Å². The van der Waals surface area contributed by atoms with Gasteiger partial charge in [0.05, 0.1) is 4.90 Å². The predicted octanol–water partition coefficient (Wildman–Crippen LogP) is 1.70. The van der Waals surface area contributed by atoms with Gasteiger partial charge in [0.1, 0.15) is 5.82 Å². The first kappa shape index (κ1) is 20.6. The predicted molar refractivity (Wildman–Crippen MR) is 95.8 cm³/mol. The van der Waals surface area contributed by atoms with Crippen LogP contribution in [-0.2, 0) is 14.8 Å². The normalized spacial score (nSPS) is 17.7. The summed E-state index contributed by atoms with van der Waals surface area (Å²) in [5.74, 6) is -0.588. The summed E-state index contributed by atoms with van der Waals surface area (Å²) in [7, 11) is -2.17. The zero-order valence-electron chi connectivity index (χ0n) is 15.1. The van der Waals surface area contributed by atoms with Gasteiger partial charge in [0.25, 0.3) is 0 Å². The van der Waals surface area contributed by atoms with Crippen molar-refractivity contribution in [3.05, 3.63) is 30.1 Å². The van der Waals surface area contributed by atoms with E-state index in [9.17, 15) is 17.6 Å². The lowest BCUT2D eigenvalue weighted by Crippen LogP contribution is -2.58. The average Bonchev–Trinajstić information content (AvgIpc) is 2.60. The van der Waals surface area contributed by atoms with Crippen LogP contribution in [0.2, 0.25) is 0 Å². The van der Waals surface area contributed by atoms with E-state index in [1.807, 2.05) is 6.92 Å². The average molecular weight is 387 g/mol. The summed E-state index contributed by atoms with van der Waals surface area (Å²) in [6.45, 7) is 3.29. The Hall–Kier alpha value is -1.71. The standard InChI is InChI=1S/C17H26FN3O4S/c1-3-19-16(22)20-17(9-12-25-2)7-10-21(11-8-17)26(23,24)15-6-4-5-14(18)13-15/h4-6,13H,3,7-12H2,1-2H3,(H2,19,20,22). The van der Waals surface area contributed by atoms with Gasteiger partial charge in [-0.1, -0.05) is 6.07 Å². The van der Waals surface area contributed by atoms with E-state index in [2.05, 4.69) is 10.6 Å². The molecular formula is C17H26FN3O4S. The fourth-order valence-electron chi connectivity index (χ4n) is 3.11. The number of halogens is 1. The van der Waals surface area contributed by atoms with E-state index < -0.39 is 21.4 Å². The minimum atomic E-state index is -3.76. The van der Waals surface area contributed by atoms with Crippen LogP contribution in [0.15, 0.2) is 29.2 Å². The lowest BCUT2D eigenvalue weighted by atomic mass is 9.85. The smallest absolute Gasteiger partial charge is 0.315 e. The number of hydrogen-bond donors (Lipinski definition) is 2. The Morgan fingerprint density at radius 1 is 1.35 bits per heavy atom. The van der Waals surface area contributed by atoms with Gasteiger partial charge in [-0.05, 0) is 44.4 Å². The molecule has 2 N–H and O–H groups in total. The Labute approximate surface area is 154 Å². The molecule has 1 heterocycles.